The fourth-order valence-corrected chi connectivity index (χ4v) is 2.24. The van der Waals surface area contributed by atoms with E-state index in [0.717, 1.165) is 0 Å². The highest BCUT2D eigenvalue weighted by Gasteiger charge is 2.14. The van der Waals surface area contributed by atoms with Gasteiger partial charge in [-0.05, 0) is 60.2 Å². The third kappa shape index (κ3) is 6.37. The average molecular weight is 432 g/mol. The van der Waals surface area contributed by atoms with E-state index in [1.807, 2.05) is 6.07 Å². The molecule has 2 aromatic rings. The van der Waals surface area contributed by atoms with Gasteiger partial charge >= 0.3 is 0 Å². The van der Waals surface area contributed by atoms with Crippen molar-refractivity contribution in [1.82, 2.24) is 0 Å². The van der Waals surface area contributed by atoms with Gasteiger partial charge in [-0.3, -0.25) is 0 Å². The lowest BCUT2D eigenvalue weighted by molar-refractivity contribution is 0.435. The summed E-state index contributed by atoms with van der Waals surface area (Å²) < 4.78 is 20.1. The predicted molar refractivity (Wildman–Crippen MR) is 103 cm³/mol. The summed E-state index contributed by atoms with van der Waals surface area (Å²) in [5.41, 5.74) is 6.13. The number of benzene rings is 2. The Labute approximate surface area is 156 Å². The molecule has 0 fully saturated rings. The maximum atomic E-state index is 14.2. The van der Waals surface area contributed by atoms with E-state index in [0.29, 0.717) is 28.5 Å². The Bertz CT molecular complexity index is 747. The quantitative estimate of drug-likeness (QED) is 0.632. The molecule has 0 unspecified atom stereocenters. The summed E-state index contributed by atoms with van der Waals surface area (Å²) in [6, 6.07) is 9.66. The summed E-state index contributed by atoms with van der Waals surface area (Å²) in [6.07, 6.45) is 0. The lowest BCUT2D eigenvalue weighted by Gasteiger charge is -2.11. The summed E-state index contributed by atoms with van der Waals surface area (Å²) in [7, 11) is 0.380. The molecule has 0 aliphatic heterocycles. The number of hydrogen-bond acceptors (Lipinski definition) is 3. The van der Waals surface area contributed by atoms with Crippen molar-refractivity contribution >= 4 is 35.5 Å². The first-order chi connectivity index (χ1) is 11.3. The van der Waals surface area contributed by atoms with E-state index in [-0.39, 0.29) is 18.0 Å². The summed E-state index contributed by atoms with van der Waals surface area (Å²) >= 11 is 9.09. The van der Waals surface area contributed by atoms with Crippen LogP contribution in [0.15, 0.2) is 34.8 Å². The molecule has 0 radical (unpaired) electrons. The number of nitrogens with zero attached hydrogens (tertiary/aromatic N) is 1. The summed E-state index contributed by atoms with van der Waals surface area (Å²) in [5, 5.41) is 9.22. The molecular weight excluding hydrogens is 414 g/mol. The zero-order valence-corrected chi connectivity index (χ0v) is 16.8. The predicted octanol–water partition coefficient (Wildman–Crippen LogP) is 5.72. The molecule has 0 aromatic heterocycles. The van der Waals surface area contributed by atoms with Crippen LogP contribution in [0.25, 0.3) is 0 Å². The standard InChI is InChI=1S/C14H9BrClFN2O.C3H9P/c15-12-2-1-9(7-19)13(17)14(12)20-11-4-8(6-18)3-10(16)5-11;1-4(2)3/h1-5H,7,19H2;1-3H3. The van der Waals surface area contributed by atoms with E-state index in [1.165, 1.54) is 18.2 Å². The minimum atomic E-state index is -0.541. The monoisotopic (exact) mass is 430 g/mol. The van der Waals surface area contributed by atoms with E-state index < -0.39 is 5.82 Å². The number of ether oxygens (including phenoxy) is 1. The molecule has 0 amide bonds. The lowest BCUT2D eigenvalue weighted by Crippen LogP contribution is -2.02. The molecule has 0 aliphatic rings. The Balaban J connectivity index is 0.000000648. The second-order valence-corrected chi connectivity index (χ2v) is 9.26. The number of nitriles is 1. The molecule has 128 valence electrons. The van der Waals surface area contributed by atoms with Crippen LogP contribution in [0, 0.1) is 17.1 Å². The fraction of sp³-hybridized carbons (Fsp3) is 0.235. The van der Waals surface area contributed by atoms with Gasteiger partial charge in [0.2, 0.25) is 0 Å². The highest BCUT2D eigenvalue weighted by Crippen LogP contribution is 2.35. The van der Waals surface area contributed by atoms with E-state index in [1.54, 1.807) is 12.1 Å². The summed E-state index contributed by atoms with van der Waals surface area (Å²) in [6.45, 7) is 6.76. The maximum Gasteiger partial charge on any atom is 0.177 e. The molecule has 2 rings (SSSR count). The summed E-state index contributed by atoms with van der Waals surface area (Å²) in [4.78, 5) is 0. The van der Waals surface area contributed by atoms with Crippen LogP contribution in [0.2, 0.25) is 5.02 Å². The van der Waals surface area contributed by atoms with Crippen molar-refractivity contribution in [2.45, 2.75) is 6.54 Å². The second kappa shape index (κ2) is 9.96. The number of nitrogens with two attached hydrogens (primary N) is 1. The van der Waals surface area contributed by atoms with Crippen LogP contribution in [0.5, 0.6) is 11.5 Å². The molecule has 0 aliphatic carbocycles. The van der Waals surface area contributed by atoms with Crippen LogP contribution < -0.4 is 10.5 Å². The largest absolute Gasteiger partial charge is 0.453 e. The molecule has 7 heteroatoms. The van der Waals surface area contributed by atoms with E-state index in [4.69, 9.17) is 27.3 Å². The number of rotatable bonds is 3. The van der Waals surface area contributed by atoms with Crippen molar-refractivity contribution in [2.75, 3.05) is 20.0 Å². The molecule has 3 nitrogen and oxygen atoms in total. The lowest BCUT2D eigenvalue weighted by atomic mass is 10.2. The maximum absolute atomic E-state index is 14.2. The van der Waals surface area contributed by atoms with Crippen molar-refractivity contribution in [3.8, 4) is 17.6 Å². The van der Waals surface area contributed by atoms with E-state index in [9.17, 15) is 4.39 Å². The van der Waals surface area contributed by atoms with Gasteiger partial charge in [0.05, 0.1) is 16.1 Å². The highest BCUT2D eigenvalue weighted by atomic mass is 79.9. The third-order valence-electron chi connectivity index (χ3n) is 2.57. The Morgan fingerprint density at radius 2 is 1.92 bits per heavy atom. The molecule has 0 heterocycles. The van der Waals surface area contributed by atoms with Crippen molar-refractivity contribution in [2.24, 2.45) is 5.73 Å². The Morgan fingerprint density at radius 3 is 2.46 bits per heavy atom. The van der Waals surface area contributed by atoms with Crippen molar-refractivity contribution in [3.05, 3.63) is 56.8 Å². The van der Waals surface area contributed by atoms with Crippen LogP contribution in [0.4, 0.5) is 4.39 Å². The zero-order valence-electron chi connectivity index (χ0n) is 13.6. The van der Waals surface area contributed by atoms with Gasteiger partial charge in [0.25, 0.3) is 0 Å². The van der Waals surface area contributed by atoms with E-state index in [2.05, 4.69) is 35.9 Å². The first-order valence-corrected chi connectivity index (χ1v) is 10.8. The van der Waals surface area contributed by atoms with Crippen LogP contribution in [-0.2, 0) is 6.54 Å². The molecule has 0 saturated heterocycles. The third-order valence-corrected chi connectivity index (χ3v) is 3.41. The minimum absolute atomic E-state index is 0.0131. The summed E-state index contributed by atoms with van der Waals surface area (Å²) in [5.74, 6) is -0.248. The highest BCUT2D eigenvalue weighted by molar-refractivity contribution is 9.10. The van der Waals surface area contributed by atoms with Gasteiger partial charge in [-0.25, -0.2) is 4.39 Å². The van der Waals surface area contributed by atoms with Gasteiger partial charge in [0.1, 0.15) is 5.75 Å². The molecule has 0 atom stereocenters. The van der Waals surface area contributed by atoms with Crippen molar-refractivity contribution < 1.29 is 9.13 Å². The van der Waals surface area contributed by atoms with Gasteiger partial charge in [0, 0.05) is 17.1 Å². The fourth-order valence-electron chi connectivity index (χ4n) is 1.63. The van der Waals surface area contributed by atoms with Crippen LogP contribution in [-0.4, -0.2) is 20.0 Å². The molecule has 0 spiro atoms. The van der Waals surface area contributed by atoms with Gasteiger partial charge in [0.15, 0.2) is 11.6 Å². The second-order valence-electron chi connectivity index (χ2n) is 5.28. The Kier molecular flexibility index (Phi) is 8.66. The van der Waals surface area contributed by atoms with Crippen LogP contribution in [0.1, 0.15) is 11.1 Å². The van der Waals surface area contributed by atoms with Crippen molar-refractivity contribution in [1.29, 1.82) is 5.26 Å². The Morgan fingerprint density at radius 1 is 1.29 bits per heavy atom. The van der Waals surface area contributed by atoms with Crippen LogP contribution in [0.3, 0.4) is 0 Å². The first kappa shape index (κ1) is 20.9. The SMILES string of the molecule is CP(C)C.N#Cc1cc(Cl)cc(Oc2c(Br)ccc(CN)c2F)c1. The van der Waals surface area contributed by atoms with Gasteiger partial charge in [-0.15, -0.1) is 7.92 Å². The van der Waals surface area contributed by atoms with Crippen molar-refractivity contribution in [3.63, 3.8) is 0 Å². The van der Waals surface area contributed by atoms with E-state index >= 15 is 0 Å². The minimum Gasteiger partial charge on any atom is -0.453 e. The number of halogens is 3. The van der Waals surface area contributed by atoms with Gasteiger partial charge in [-0.2, -0.15) is 5.26 Å². The molecule has 2 N–H and O–H groups in total. The Hall–Kier alpha value is -1.18. The first-order valence-electron chi connectivity index (χ1n) is 6.94. The van der Waals surface area contributed by atoms with Gasteiger partial charge in [-0.1, -0.05) is 17.7 Å². The zero-order chi connectivity index (χ0) is 18.3. The normalized spacial score (nSPS) is 9.96. The number of hydrogen-bond donors (Lipinski definition) is 1. The average Bonchev–Trinajstić information content (AvgIpc) is 2.50. The molecule has 24 heavy (non-hydrogen) atoms. The van der Waals surface area contributed by atoms with Crippen LogP contribution >= 0.6 is 35.5 Å². The molecular formula is C17H18BrClFN2OP. The van der Waals surface area contributed by atoms with Gasteiger partial charge < -0.3 is 10.5 Å². The topological polar surface area (TPSA) is 59.0 Å². The smallest absolute Gasteiger partial charge is 0.177 e. The molecule has 0 bridgehead atoms. The molecule has 0 saturated carbocycles. The molecule has 2 aromatic carbocycles.